The van der Waals surface area contributed by atoms with Gasteiger partial charge in [-0.3, -0.25) is 0 Å². The predicted molar refractivity (Wildman–Crippen MR) is 100 cm³/mol. The molecule has 0 aliphatic carbocycles. The topological polar surface area (TPSA) is 41.6 Å². The third-order valence-electron chi connectivity index (χ3n) is 4.37. The Morgan fingerprint density at radius 1 is 1.17 bits per heavy atom. The molecule has 0 aromatic heterocycles. The molecular weight excluding hydrogens is 324 g/mol. The van der Waals surface area contributed by atoms with Crippen LogP contribution in [0, 0.1) is 0 Å². The average Bonchev–Trinajstić information content (AvgIpc) is 2.60. The lowest BCUT2D eigenvalue weighted by Gasteiger charge is -2.33. The summed E-state index contributed by atoms with van der Waals surface area (Å²) in [6.45, 7) is 4.77. The zero-order valence-electron chi connectivity index (χ0n) is 14.0. The molecule has 4 nitrogen and oxygen atoms in total. The molecule has 1 fully saturated rings. The predicted octanol–water partition coefficient (Wildman–Crippen LogP) is 4.22. The van der Waals surface area contributed by atoms with Crippen LogP contribution in [0.5, 0.6) is 5.75 Å². The summed E-state index contributed by atoms with van der Waals surface area (Å²) in [6.07, 6.45) is 2.70. The number of fused-ring (bicyclic) bond motifs is 1. The van der Waals surface area contributed by atoms with E-state index in [-0.39, 0.29) is 24.5 Å². The van der Waals surface area contributed by atoms with Crippen LogP contribution in [0.1, 0.15) is 26.2 Å². The highest BCUT2D eigenvalue weighted by atomic mass is 35.5. The zero-order chi connectivity index (χ0) is 16.1. The van der Waals surface area contributed by atoms with Crippen molar-refractivity contribution < 1.29 is 9.53 Å². The number of hydrogen-bond acceptors (Lipinski definition) is 3. The molecule has 2 aromatic rings. The SMILES string of the molecule is CCCN(C(=O)Oc1ccc2ccccc2c1)C1CCNCC1.Cl. The number of ether oxygens (including phenoxy) is 1. The summed E-state index contributed by atoms with van der Waals surface area (Å²) >= 11 is 0. The minimum absolute atomic E-state index is 0. The van der Waals surface area contributed by atoms with Gasteiger partial charge in [-0.1, -0.05) is 37.3 Å². The van der Waals surface area contributed by atoms with Gasteiger partial charge in [-0.25, -0.2) is 4.79 Å². The quantitative estimate of drug-likeness (QED) is 0.899. The van der Waals surface area contributed by atoms with E-state index < -0.39 is 0 Å². The van der Waals surface area contributed by atoms with E-state index in [9.17, 15) is 4.79 Å². The Morgan fingerprint density at radius 3 is 2.58 bits per heavy atom. The van der Waals surface area contributed by atoms with Crippen molar-refractivity contribution in [2.45, 2.75) is 32.2 Å². The number of rotatable bonds is 4. The summed E-state index contributed by atoms with van der Waals surface area (Å²) in [5.41, 5.74) is 0. The molecule has 0 bridgehead atoms. The van der Waals surface area contributed by atoms with Gasteiger partial charge in [-0.05, 0) is 55.3 Å². The number of hydrogen-bond donors (Lipinski definition) is 1. The maximum Gasteiger partial charge on any atom is 0.415 e. The Kier molecular flexibility index (Phi) is 6.88. The number of piperidine rings is 1. The van der Waals surface area contributed by atoms with Crippen molar-refractivity contribution in [3.05, 3.63) is 42.5 Å². The van der Waals surface area contributed by atoms with E-state index in [0.29, 0.717) is 5.75 Å². The smallest absolute Gasteiger partial charge is 0.410 e. The Labute approximate surface area is 149 Å². The second-order valence-electron chi connectivity index (χ2n) is 6.05. The third-order valence-corrected chi connectivity index (χ3v) is 4.37. The van der Waals surface area contributed by atoms with E-state index in [1.807, 2.05) is 41.3 Å². The lowest BCUT2D eigenvalue weighted by molar-refractivity contribution is 0.120. The normalized spacial score (nSPS) is 14.9. The Balaban J connectivity index is 0.00000208. The molecule has 3 rings (SSSR count). The van der Waals surface area contributed by atoms with Crippen LogP contribution in [0.3, 0.4) is 0 Å². The summed E-state index contributed by atoms with van der Waals surface area (Å²) in [7, 11) is 0. The highest BCUT2D eigenvalue weighted by Crippen LogP contribution is 2.22. The standard InChI is InChI=1S/C19H24N2O2.ClH/c1-2-13-21(17-9-11-20-12-10-17)19(22)23-18-8-7-15-5-3-4-6-16(15)14-18;/h3-8,14,17,20H,2,9-13H2,1H3;1H. The van der Waals surface area contributed by atoms with Gasteiger partial charge < -0.3 is 15.0 Å². The van der Waals surface area contributed by atoms with Gasteiger partial charge in [-0.2, -0.15) is 0 Å². The first-order chi connectivity index (χ1) is 11.3. The summed E-state index contributed by atoms with van der Waals surface area (Å²) < 4.78 is 5.66. The van der Waals surface area contributed by atoms with E-state index in [1.165, 1.54) is 0 Å². The van der Waals surface area contributed by atoms with Gasteiger partial charge in [0.15, 0.2) is 0 Å². The van der Waals surface area contributed by atoms with E-state index in [4.69, 9.17) is 4.74 Å². The minimum atomic E-state index is -0.228. The second-order valence-corrected chi connectivity index (χ2v) is 6.05. The molecule has 0 spiro atoms. The molecule has 24 heavy (non-hydrogen) atoms. The summed E-state index contributed by atoms with van der Waals surface area (Å²) in [4.78, 5) is 14.5. The molecule has 0 radical (unpaired) electrons. The average molecular weight is 349 g/mol. The molecule has 0 saturated carbocycles. The second kappa shape index (κ2) is 8.90. The Hall–Kier alpha value is -1.78. The van der Waals surface area contributed by atoms with Crippen LogP contribution in [-0.2, 0) is 0 Å². The van der Waals surface area contributed by atoms with Crippen molar-refractivity contribution in [2.24, 2.45) is 0 Å². The van der Waals surface area contributed by atoms with Gasteiger partial charge in [0, 0.05) is 12.6 Å². The fraction of sp³-hybridized carbons (Fsp3) is 0.421. The van der Waals surface area contributed by atoms with E-state index >= 15 is 0 Å². The number of amides is 1. The molecule has 1 aliphatic rings. The van der Waals surface area contributed by atoms with Gasteiger partial charge in [0.25, 0.3) is 0 Å². The van der Waals surface area contributed by atoms with Crippen LogP contribution >= 0.6 is 12.4 Å². The number of benzene rings is 2. The van der Waals surface area contributed by atoms with E-state index in [1.54, 1.807) is 0 Å². The van der Waals surface area contributed by atoms with Crippen molar-refractivity contribution in [1.82, 2.24) is 10.2 Å². The highest BCUT2D eigenvalue weighted by molar-refractivity contribution is 5.85. The molecule has 1 saturated heterocycles. The van der Waals surface area contributed by atoms with Gasteiger partial charge in [0.1, 0.15) is 5.75 Å². The molecule has 1 amide bonds. The summed E-state index contributed by atoms with van der Waals surface area (Å²) in [5.74, 6) is 0.615. The number of nitrogens with zero attached hydrogens (tertiary/aromatic N) is 1. The largest absolute Gasteiger partial charge is 0.415 e. The molecule has 1 N–H and O–H groups in total. The molecule has 0 atom stereocenters. The minimum Gasteiger partial charge on any atom is -0.410 e. The maximum absolute atomic E-state index is 12.6. The molecule has 1 aliphatic heterocycles. The first-order valence-electron chi connectivity index (χ1n) is 8.46. The summed E-state index contributed by atoms with van der Waals surface area (Å²) in [6, 6.07) is 14.2. The van der Waals surface area contributed by atoms with Crippen molar-refractivity contribution in [2.75, 3.05) is 19.6 Å². The number of carbonyl (C=O) groups excluding carboxylic acids is 1. The van der Waals surface area contributed by atoms with Crippen LogP contribution < -0.4 is 10.1 Å². The molecule has 130 valence electrons. The molecule has 5 heteroatoms. The van der Waals surface area contributed by atoms with Crippen molar-refractivity contribution in [3.8, 4) is 5.75 Å². The van der Waals surface area contributed by atoms with Crippen LogP contribution in [-0.4, -0.2) is 36.7 Å². The van der Waals surface area contributed by atoms with Crippen molar-refractivity contribution in [3.63, 3.8) is 0 Å². The Bertz CT molecular complexity index is 671. The van der Waals surface area contributed by atoms with Gasteiger partial charge >= 0.3 is 6.09 Å². The van der Waals surface area contributed by atoms with Gasteiger partial charge in [0.05, 0.1) is 0 Å². The summed E-state index contributed by atoms with van der Waals surface area (Å²) in [5, 5.41) is 5.58. The third kappa shape index (κ3) is 4.40. The van der Waals surface area contributed by atoms with Crippen LogP contribution in [0.15, 0.2) is 42.5 Å². The lowest BCUT2D eigenvalue weighted by atomic mass is 10.1. The lowest BCUT2D eigenvalue weighted by Crippen LogP contribution is -2.47. The van der Waals surface area contributed by atoms with Crippen molar-refractivity contribution in [1.29, 1.82) is 0 Å². The molecule has 1 heterocycles. The van der Waals surface area contributed by atoms with Crippen molar-refractivity contribution >= 4 is 29.3 Å². The zero-order valence-corrected chi connectivity index (χ0v) is 14.8. The van der Waals surface area contributed by atoms with Crippen LogP contribution in [0.4, 0.5) is 4.79 Å². The molecular formula is C19H25ClN2O2. The highest BCUT2D eigenvalue weighted by Gasteiger charge is 2.26. The van der Waals surface area contributed by atoms with Crippen LogP contribution in [0.2, 0.25) is 0 Å². The molecule has 2 aromatic carbocycles. The fourth-order valence-electron chi connectivity index (χ4n) is 3.17. The van der Waals surface area contributed by atoms with Gasteiger partial charge in [0.2, 0.25) is 0 Å². The monoisotopic (exact) mass is 348 g/mol. The van der Waals surface area contributed by atoms with Crippen LogP contribution in [0.25, 0.3) is 10.8 Å². The number of carbonyl (C=O) groups is 1. The first-order valence-corrected chi connectivity index (χ1v) is 8.46. The number of nitrogens with one attached hydrogen (secondary N) is 1. The van der Waals surface area contributed by atoms with Gasteiger partial charge in [-0.15, -0.1) is 12.4 Å². The first kappa shape index (κ1) is 18.6. The fourth-order valence-corrected chi connectivity index (χ4v) is 3.17. The van der Waals surface area contributed by atoms with E-state index in [0.717, 1.165) is 49.7 Å². The Morgan fingerprint density at radius 2 is 1.88 bits per heavy atom. The van der Waals surface area contributed by atoms with E-state index in [2.05, 4.69) is 18.3 Å². The number of halogens is 1. The maximum atomic E-state index is 12.6. The molecule has 0 unspecified atom stereocenters.